The third-order valence-corrected chi connectivity index (χ3v) is 7.60. The predicted molar refractivity (Wildman–Crippen MR) is 161 cm³/mol. The lowest BCUT2D eigenvalue weighted by Crippen LogP contribution is -2.09. The van der Waals surface area contributed by atoms with E-state index in [0.29, 0.717) is 0 Å². The minimum Gasteiger partial charge on any atom is -0.456 e. The van der Waals surface area contributed by atoms with Gasteiger partial charge in [-0.05, 0) is 74.8 Å². The maximum atomic E-state index is 6.25. The highest BCUT2D eigenvalue weighted by Crippen LogP contribution is 2.40. The van der Waals surface area contributed by atoms with Gasteiger partial charge in [0.25, 0.3) is 0 Å². The summed E-state index contributed by atoms with van der Waals surface area (Å²) in [6.07, 6.45) is 0. The highest BCUT2D eigenvalue weighted by molar-refractivity contribution is 6.20. The van der Waals surface area contributed by atoms with Gasteiger partial charge in [-0.25, -0.2) is 0 Å². The maximum absolute atomic E-state index is 6.25. The van der Waals surface area contributed by atoms with Gasteiger partial charge in [-0.15, -0.1) is 0 Å². The number of rotatable bonds is 3. The average molecular weight is 486 g/mol. The number of benzene rings is 7. The standard InChI is InChI=1S/C36H23NO/c1-2-9-27(10-3-1)37(29-19-21-33-32-12-6-7-13-34(32)38-35(33)23-29)28-18-20-31-26(22-28)17-16-25-15-14-24-8-4-5-11-30(24)36(25)31/h1-23H. The van der Waals surface area contributed by atoms with Gasteiger partial charge in [0.1, 0.15) is 11.2 Å². The van der Waals surface area contributed by atoms with Gasteiger partial charge in [0.05, 0.1) is 0 Å². The summed E-state index contributed by atoms with van der Waals surface area (Å²) in [5.41, 5.74) is 5.08. The summed E-state index contributed by atoms with van der Waals surface area (Å²) in [5.74, 6) is 0. The highest BCUT2D eigenvalue weighted by Gasteiger charge is 2.16. The fraction of sp³-hybridized carbons (Fsp3) is 0. The van der Waals surface area contributed by atoms with Crippen molar-refractivity contribution in [3.8, 4) is 0 Å². The van der Waals surface area contributed by atoms with Crippen molar-refractivity contribution in [2.45, 2.75) is 0 Å². The summed E-state index contributed by atoms with van der Waals surface area (Å²) in [7, 11) is 0. The first-order valence-corrected chi connectivity index (χ1v) is 12.9. The zero-order chi connectivity index (χ0) is 25.1. The van der Waals surface area contributed by atoms with Crippen LogP contribution in [0.25, 0.3) is 54.3 Å². The van der Waals surface area contributed by atoms with Gasteiger partial charge in [-0.1, -0.05) is 91.0 Å². The molecule has 38 heavy (non-hydrogen) atoms. The fourth-order valence-electron chi connectivity index (χ4n) is 5.84. The normalized spacial score (nSPS) is 11.7. The highest BCUT2D eigenvalue weighted by atomic mass is 16.3. The van der Waals surface area contributed by atoms with E-state index in [9.17, 15) is 0 Å². The SMILES string of the molecule is c1ccc(N(c2ccc3c(ccc4ccc5ccccc5c43)c2)c2ccc3c(c2)oc2ccccc23)cc1. The molecule has 0 spiro atoms. The minimum atomic E-state index is 0.892. The van der Waals surface area contributed by atoms with Crippen molar-refractivity contribution < 1.29 is 4.42 Å². The van der Waals surface area contributed by atoms with Crippen molar-refractivity contribution in [2.24, 2.45) is 0 Å². The van der Waals surface area contributed by atoms with E-state index in [1.807, 2.05) is 12.1 Å². The quantitative estimate of drug-likeness (QED) is 0.231. The molecule has 178 valence electrons. The van der Waals surface area contributed by atoms with Crippen LogP contribution < -0.4 is 4.90 Å². The largest absolute Gasteiger partial charge is 0.456 e. The molecule has 0 aliphatic rings. The molecule has 2 heteroatoms. The molecule has 0 amide bonds. The number of hydrogen-bond acceptors (Lipinski definition) is 2. The van der Waals surface area contributed by atoms with Crippen LogP contribution in [-0.2, 0) is 0 Å². The number of anilines is 3. The molecule has 7 aromatic carbocycles. The summed E-state index contributed by atoms with van der Waals surface area (Å²) >= 11 is 0. The Morgan fingerprint density at radius 3 is 1.84 bits per heavy atom. The summed E-state index contributed by atoms with van der Waals surface area (Å²) in [6.45, 7) is 0. The summed E-state index contributed by atoms with van der Waals surface area (Å²) < 4.78 is 6.25. The predicted octanol–water partition coefficient (Wildman–Crippen LogP) is 10.5. The van der Waals surface area contributed by atoms with Crippen LogP contribution in [-0.4, -0.2) is 0 Å². The van der Waals surface area contributed by atoms with Crippen LogP contribution in [0.3, 0.4) is 0 Å². The van der Waals surface area contributed by atoms with E-state index in [1.165, 1.54) is 32.3 Å². The van der Waals surface area contributed by atoms with Crippen LogP contribution in [0, 0.1) is 0 Å². The van der Waals surface area contributed by atoms with Crippen molar-refractivity contribution in [2.75, 3.05) is 4.90 Å². The summed E-state index contributed by atoms with van der Waals surface area (Å²) in [4.78, 5) is 2.30. The van der Waals surface area contributed by atoms with Gasteiger partial charge in [0.15, 0.2) is 0 Å². The molecule has 0 aliphatic heterocycles. The van der Waals surface area contributed by atoms with Crippen molar-refractivity contribution in [1.82, 2.24) is 0 Å². The number of nitrogens with zero attached hydrogens (tertiary/aromatic N) is 1. The molecule has 0 unspecified atom stereocenters. The topological polar surface area (TPSA) is 16.4 Å². The first kappa shape index (κ1) is 21.0. The van der Waals surface area contributed by atoms with Crippen molar-refractivity contribution in [1.29, 1.82) is 0 Å². The third kappa shape index (κ3) is 3.21. The van der Waals surface area contributed by atoms with Crippen molar-refractivity contribution >= 4 is 71.3 Å². The molecule has 1 aromatic heterocycles. The van der Waals surface area contributed by atoms with E-state index >= 15 is 0 Å². The molecule has 0 radical (unpaired) electrons. The van der Waals surface area contributed by atoms with Gasteiger partial charge in [-0.2, -0.15) is 0 Å². The van der Waals surface area contributed by atoms with Crippen LogP contribution >= 0.6 is 0 Å². The molecular formula is C36H23NO. The Hall–Kier alpha value is -5.08. The lowest BCUT2D eigenvalue weighted by molar-refractivity contribution is 0.669. The minimum absolute atomic E-state index is 0.892. The second-order valence-corrected chi connectivity index (χ2v) is 9.81. The monoisotopic (exact) mass is 485 g/mol. The second-order valence-electron chi connectivity index (χ2n) is 9.81. The van der Waals surface area contributed by atoms with Crippen molar-refractivity contribution in [3.63, 3.8) is 0 Å². The number of para-hydroxylation sites is 2. The number of furan rings is 1. The Kier molecular flexibility index (Phi) is 4.55. The molecule has 0 saturated carbocycles. The molecule has 0 bridgehead atoms. The van der Waals surface area contributed by atoms with Crippen LogP contribution in [0.4, 0.5) is 17.1 Å². The van der Waals surface area contributed by atoms with E-state index in [0.717, 1.165) is 39.0 Å². The van der Waals surface area contributed by atoms with E-state index in [1.54, 1.807) is 0 Å². The smallest absolute Gasteiger partial charge is 0.137 e. The number of hydrogen-bond donors (Lipinski definition) is 0. The Morgan fingerprint density at radius 1 is 0.368 bits per heavy atom. The van der Waals surface area contributed by atoms with Gasteiger partial charge in [-0.3, -0.25) is 0 Å². The first-order chi connectivity index (χ1) is 18.8. The van der Waals surface area contributed by atoms with Crippen LogP contribution in [0.2, 0.25) is 0 Å². The van der Waals surface area contributed by atoms with E-state index in [-0.39, 0.29) is 0 Å². The van der Waals surface area contributed by atoms with Crippen molar-refractivity contribution in [3.05, 3.63) is 140 Å². The Bertz CT molecular complexity index is 2140. The summed E-state index contributed by atoms with van der Waals surface area (Å²) in [5, 5.41) is 9.89. The lowest BCUT2D eigenvalue weighted by atomic mass is 9.96. The van der Waals surface area contributed by atoms with E-state index in [2.05, 4.69) is 132 Å². The van der Waals surface area contributed by atoms with Crippen LogP contribution in [0.15, 0.2) is 144 Å². The molecule has 0 saturated heterocycles. The lowest BCUT2D eigenvalue weighted by Gasteiger charge is -2.26. The Labute approximate surface area is 220 Å². The zero-order valence-corrected chi connectivity index (χ0v) is 20.6. The van der Waals surface area contributed by atoms with Crippen LogP contribution in [0.1, 0.15) is 0 Å². The number of fused-ring (bicyclic) bond motifs is 8. The summed E-state index contributed by atoms with van der Waals surface area (Å²) in [6, 6.07) is 49.6. The molecule has 8 rings (SSSR count). The molecule has 0 atom stereocenters. The third-order valence-electron chi connectivity index (χ3n) is 7.60. The average Bonchev–Trinajstić information content (AvgIpc) is 3.35. The molecule has 1 heterocycles. The van der Waals surface area contributed by atoms with Gasteiger partial charge < -0.3 is 9.32 Å². The first-order valence-electron chi connectivity index (χ1n) is 12.9. The molecule has 0 aliphatic carbocycles. The molecular weight excluding hydrogens is 462 g/mol. The fourth-order valence-corrected chi connectivity index (χ4v) is 5.84. The van der Waals surface area contributed by atoms with Gasteiger partial charge >= 0.3 is 0 Å². The Balaban J connectivity index is 1.35. The second kappa shape index (κ2) is 8.22. The van der Waals surface area contributed by atoms with Crippen LogP contribution in [0.5, 0.6) is 0 Å². The zero-order valence-electron chi connectivity index (χ0n) is 20.6. The molecule has 0 N–H and O–H groups in total. The molecule has 0 fully saturated rings. The molecule has 2 nitrogen and oxygen atoms in total. The van der Waals surface area contributed by atoms with E-state index < -0.39 is 0 Å². The van der Waals surface area contributed by atoms with E-state index in [4.69, 9.17) is 4.42 Å². The molecule has 8 aromatic rings. The maximum Gasteiger partial charge on any atom is 0.137 e. The Morgan fingerprint density at radius 2 is 0.974 bits per heavy atom. The van der Waals surface area contributed by atoms with Gasteiger partial charge in [0.2, 0.25) is 0 Å². The van der Waals surface area contributed by atoms with Gasteiger partial charge in [0, 0.05) is 33.9 Å².